The van der Waals surface area contributed by atoms with Crippen LogP contribution in [0.1, 0.15) is 37.2 Å². The highest BCUT2D eigenvalue weighted by molar-refractivity contribution is 5.48. The van der Waals surface area contributed by atoms with Crippen LogP contribution in [0.3, 0.4) is 0 Å². The average Bonchev–Trinajstić information content (AvgIpc) is 2.55. The van der Waals surface area contributed by atoms with Gasteiger partial charge in [0.05, 0.1) is 7.11 Å². The molecule has 1 aromatic carbocycles. The molecule has 0 bridgehead atoms. The molecule has 0 aromatic heterocycles. The summed E-state index contributed by atoms with van der Waals surface area (Å²) >= 11 is 0. The Balaban J connectivity index is 1.78. The minimum Gasteiger partial charge on any atom is -0.493 e. The van der Waals surface area contributed by atoms with Gasteiger partial charge in [0.1, 0.15) is 6.10 Å². The van der Waals surface area contributed by atoms with Crippen LogP contribution in [0.2, 0.25) is 0 Å². The molecule has 4 heteroatoms. The minimum absolute atomic E-state index is 0.271. The van der Waals surface area contributed by atoms with E-state index in [1.165, 1.54) is 31.4 Å². The summed E-state index contributed by atoms with van der Waals surface area (Å²) in [6, 6.07) is 6.35. The van der Waals surface area contributed by atoms with E-state index < -0.39 is 0 Å². The van der Waals surface area contributed by atoms with Gasteiger partial charge in [-0.3, -0.25) is 0 Å². The number of nitrogens with one attached hydrogen (secondary N) is 1. The number of likely N-dealkylation sites (N-methyl/N-ethyl adjacent to an activating group) is 1. The standard InChI is InChI=1S/C18H28N2O2/c1-20-11-5-7-15(13-20)22-17-9-3-8-16(18(17)21-2)14-6-4-10-19-12-14/h3,8-9,14-15,19H,4-7,10-13H2,1-2H3. The molecular weight excluding hydrogens is 276 g/mol. The van der Waals surface area contributed by atoms with Crippen LogP contribution < -0.4 is 14.8 Å². The van der Waals surface area contributed by atoms with Gasteiger partial charge in [-0.15, -0.1) is 0 Å². The molecule has 122 valence electrons. The normalized spacial score (nSPS) is 26.6. The van der Waals surface area contributed by atoms with Crippen molar-refractivity contribution >= 4 is 0 Å². The van der Waals surface area contributed by atoms with E-state index in [-0.39, 0.29) is 6.10 Å². The van der Waals surface area contributed by atoms with Crippen molar-refractivity contribution in [3.63, 3.8) is 0 Å². The first-order valence-electron chi connectivity index (χ1n) is 8.50. The van der Waals surface area contributed by atoms with Crippen LogP contribution >= 0.6 is 0 Å². The number of hydrogen-bond donors (Lipinski definition) is 1. The fourth-order valence-electron chi connectivity index (χ4n) is 3.68. The molecule has 2 fully saturated rings. The number of ether oxygens (including phenoxy) is 2. The molecule has 4 nitrogen and oxygen atoms in total. The van der Waals surface area contributed by atoms with Crippen molar-refractivity contribution in [1.29, 1.82) is 0 Å². The summed E-state index contributed by atoms with van der Waals surface area (Å²) in [5.74, 6) is 2.37. The third-order valence-electron chi connectivity index (χ3n) is 4.83. The average molecular weight is 304 g/mol. The van der Waals surface area contributed by atoms with Crippen LogP contribution in [-0.2, 0) is 0 Å². The molecule has 0 radical (unpaired) electrons. The fourth-order valence-corrected chi connectivity index (χ4v) is 3.68. The second kappa shape index (κ2) is 7.34. The molecule has 0 saturated carbocycles. The van der Waals surface area contributed by atoms with Gasteiger partial charge in [-0.05, 0) is 51.9 Å². The van der Waals surface area contributed by atoms with E-state index >= 15 is 0 Å². The third kappa shape index (κ3) is 3.55. The largest absolute Gasteiger partial charge is 0.493 e. The van der Waals surface area contributed by atoms with E-state index in [0.29, 0.717) is 5.92 Å². The zero-order chi connectivity index (χ0) is 15.4. The van der Waals surface area contributed by atoms with Gasteiger partial charge < -0.3 is 19.7 Å². The monoisotopic (exact) mass is 304 g/mol. The molecule has 0 amide bonds. The maximum Gasteiger partial charge on any atom is 0.164 e. The first kappa shape index (κ1) is 15.6. The summed E-state index contributed by atoms with van der Waals surface area (Å²) < 4.78 is 12.0. The zero-order valence-corrected chi connectivity index (χ0v) is 13.8. The van der Waals surface area contributed by atoms with Crippen LogP contribution in [0.5, 0.6) is 11.5 Å². The van der Waals surface area contributed by atoms with E-state index in [0.717, 1.165) is 37.6 Å². The number of rotatable bonds is 4. The lowest BCUT2D eigenvalue weighted by atomic mass is 9.91. The van der Waals surface area contributed by atoms with E-state index in [9.17, 15) is 0 Å². The number of methoxy groups -OCH3 is 1. The predicted molar refractivity (Wildman–Crippen MR) is 89.0 cm³/mol. The van der Waals surface area contributed by atoms with Gasteiger partial charge in [0, 0.05) is 24.6 Å². The van der Waals surface area contributed by atoms with Gasteiger partial charge in [0.2, 0.25) is 0 Å². The molecule has 1 N–H and O–H groups in total. The van der Waals surface area contributed by atoms with E-state index in [4.69, 9.17) is 9.47 Å². The Kier molecular flexibility index (Phi) is 5.21. The Morgan fingerprint density at radius 3 is 2.86 bits per heavy atom. The maximum absolute atomic E-state index is 6.29. The van der Waals surface area contributed by atoms with Crippen LogP contribution in [0.25, 0.3) is 0 Å². The van der Waals surface area contributed by atoms with Gasteiger partial charge >= 0.3 is 0 Å². The van der Waals surface area contributed by atoms with Crippen molar-refractivity contribution in [1.82, 2.24) is 10.2 Å². The molecule has 2 heterocycles. The second-order valence-electron chi connectivity index (χ2n) is 6.57. The van der Waals surface area contributed by atoms with Gasteiger partial charge in [0.25, 0.3) is 0 Å². The Labute approximate surface area is 133 Å². The number of nitrogens with zero attached hydrogens (tertiary/aromatic N) is 1. The first-order valence-corrected chi connectivity index (χ1v) is 8.50. The van der Waals surface area contributed by atoms with Crippen LogP contribution in [0.15, 0.2) is 18.2 Å². The lowest BCUT2D eigenvalue weighted by molar-refractivity contribution is 0.101. The molecule has 3 rings (SSSR count). The van der Waals surface area contributed by atoms with E-state index in [2.05, 4.69) is 29.4 Å². The minimum atomic E-state index is 0.271. The highest BCUT2D eigenvalue weighted by Crippen LogP contribution is 2.38. The van der Waals surface area contributed by atoms with Gasteiger partial charge in [-0.2, -0.15) is 0 Å². The van der Waals surface area contributed by atoms with Crippen molar-refractivity contribution in [3.05, 3.63) is 23.8 Å². The molecule has 2 unspecified atom stereocenters. The molecule has 2 aliphatic rings. The summed E-state index contributed by atoms with van der Waals surface area (Å²) in [4.78, 5) is 2.34. The summed E-state index contributed by atoms with van der Waals surface area (Å²) in [5, 5.41) is 3.49. The van der Waals surface area contributed by atoms with E-state index in [1.54, 1.807) is 7.11 Å². The number of piperidine rings is 2. The molecule has 2 aliphatic heterocycles. The van der Waals surface area contributed by atoms with Gasteiger partial charge in [-0.1, -0.05) is 12.1 Å². The second-order valence-corrected chi connectivity index (χ2v) is 6.57. The lowest BCUT2D eigenvalue weighted by Crippen LogP contribution is -2.38. The summed E-state index contributed by atoms with van der Waals surface area (Å²) in [6.07, 6.45) is 5.05. The molecule has 22 heavy (non-hydrogen) atoms. The number of hydrogen-bond acceptors (Lipinski definition) is 4. The molecule has 2 atom stereocenters. The number of likely N-dealkylation sites (tertiary alicyclic amines) is 1. The third-order valence-corrected chi connectivity index (χ3v) is 4.83. The van der Waals surface area contributed by atoms with E-state index in [1.807, 2.05) is 6.07 Å². The predicted octanol–water partition coefficient (Wildman–Crippen LogP) is 2.64. The molecule has 2 saturated heterocycles. The van der Waals surface area contributed by atoms with Crippen molar-refractivity contribution in [2.24, 2.45) is 0 Å². The highest BCUT2D eigenvalue weighted by atomic mass is 16.5. The summed E-state index contributed by atoms with van der Waals surface area (Å²) in [7, 11) is 3.92. The van der Waals surface area contributed by atoms with Crippen molar-refractivity contribution in [3.8, 4) is 11.5 Å². The van der Waals surface area contributed by atoms with Crippen LogP contribution in [0.4, 0.5) is 0 Å². The molecule has 0 spiro atoms. The fraction of sp³-hybridized carbons (Fsp3) is 0.667. The first-order chi connectivity index (χ1) is 10.8. The summed E-state index contributed by atoms with van der Waals surface area (Å²) in [6.45, 7) is 4.33. The zero-order valence-electron chi connectivity index (χ0n) is 13.8. The molecule has 1 aromatic rings. The quantitative estimate of drug-likeness (QED) is 0.927. The van der Waals surface area contributed by atoms with Crippen molar-refractivity contribution in [2.75, 3.05) is 40.3 Å². The highest BCUT2D eigenvalue weighted by Gasteiger charge is 2.24. The lowest BCUT2D eigenvalue weighted by Gasteiger charge is -2.31. The van der Waals surface area contributed by atoms with Crippen molar-refractivity contribution in [2.45, 2.75) is 37.7 Å². The summed E-state index contributed by atoms with van der Waals surface area (Å²) in [5.41, 5.74) is 1.29. The van der Waals surface area contributed by atoms with Gasteiger partial charge in [0.15, 0.2) is 11.5 Å². The maximum atomic E-state index is 6.29. The van der Waals surface area contributed by atoms with Gasteiger partial charge in [-0.25, -0.2) is 0 Å². The number of benzene rings is 1. The number of para-hydroxylation sites is 1. The van der Waals surface area contributed by atoms with Crippen LogP contribution in [-0.4, -0.2) is 51.3 Å². The smallest absolute Gasteiger partial charge is 0.164 e. The Hall–Kier alpha value is -1.26. The topological polar surface area (TPSA) is 33.7 Å². The Morgan fingerprint density at radius 1 is 1.23 bits per heavy atom. The Bertz CT molecular complexity index is 486. The molecule has 0 aliphatic carbocycles. The SMILES string of the molecule is COc1c(OC2CCCN(C)C2)cccc1C1CCCNC1. The Morgan fingerprint density at radius 2 is 2.14 bits per heavy atom. The molecular formula is C18H28N2O2. The van der Waals surface area contributed by atoms with Crippen molar-refractivity contribution < 1.29 is 9.47 Å². The van der Waals surface area contributed by atoms with Crippen LogP contribution in [0, 0.1) is 0 Å².